The molecule has 0 aromatic carbocycles. The molecular formula is C11H18O2. The van der Waals surface area contributed by atoms with E-state index >= 15 is 0 Å². The second kappa shape index (κ2) is 3.95. The fourth-order valence-electron chi connectivity index (χ4n) is 1.34. The number of esters is 1. The van der Waals surface area contributed by atoms with E-state index in [-0.39, 0.29) is 12.1 Å². The van der Waals surface area contributed by atoms with Gasteiger partial charge in [-0.15, -0.1) is 0 Å². The number of cyclic esters (lactones) is 1. The molecule has 0 bridgehead atoms. The molecule has 0 amide bonds. The van der Waals surface area contributed by atoms with Crippen LogP contribution in [0.5, 0.6) is 0 Å². The molecule has 2 nitrogen and oxygen atoms in total. The van der Waals surface area contributed by atoms with Crippen molar-refractivity contribution in [2.45, 2.75) is 46.1 Å². The summed E-state index contributed by atoms with van der Waals surface area (Å²) in [6.07, 6.45) is 6.46. The van der Waals surface area contributed by atoms with Crippen molar-refractivity contribution in [2.75, 3.05) is 0 Å². The highest BCUT2D eigenvalue weighted by atomic mass is 16.5. The minimum absolute atomic E-state index is 0.108. The van der Waals surface area contributed by atoms with E-state index in [1.807, 2.05) is 6.08 Å². The van der Waals surface area contributed by atoms with E-state index in [1.165, 1.54) is 6.08 Å². The van der Waals surface area contributed by atoms with Crippen LogP contribution < -0.4 is 0 Å². The van der Waals surface area contributed by atoms with E-state index in [1.54, 1.807) is 0 Å². The van der Waals surface area contributed by atoms with E-state index in [4.69, 9.17) is 4.74 Å². The molecule has 1 atom stereocenters. The van der Waals surface area contributed by atoms with Crippen molar-refractivity contribution in [1.82, 2.24) is 0 Å². The maximum absolute atomic E-state index is 10.9. The Morgan fingerprint density at radius 2 is 2.23 bits per heavy atom. The zero-order valence-electron chi connectivity index (χ0n) is 8.67. The van der Waals surface area contributed by atoms with Crippen LogP contribution in [0.1, 0.15) is 40.0 Å². The molecule has 0 N–H and O–H groups in total. The predicted octanol–water partition coefficient (Wildman–Crippen LogP) is 2.68. The summed E-state index contributed by atoms with van der Waals surface area (Å²) in [6, 6.07) is 0. The van der Waals surface area contributed by atoms with E-state index in [2.05, 4.69) is 20.8 Å². The molecule has 0 fully saturated rings. The van der Waals surface area contributed by atoms with Gasteiger partial charge in [0.05, 0.1) is 0 Å². The lowest BCUT2D eigenvalue weighted by Crippen LogP contribution is -2.21. The lowest BCUT2D eigenvalue weighted by molar-refractivity contribution is -0.144. The lowest BCUT2D eigenvalue weighted by Gasteiger charge is -2.23. The van der Waals surface area contributed by atoms with Gasteiger partial charge in [0.25, 0.3) is 0 Å². The van der Waals surface area contributed by atoms with Crippen molar-refractivity contribution >= 4 is 5.97 Å². The zero-order chi connectivity index (χ0) is 9.90. The maximum atomic E-state index is 10.9. The first-order chi connectivity index (χ1) is 5.97. The SMILES string of the molecule is CC(C)(C)CC[C@H]1CC=CC(=O)O1. The van der Waals surface area contributed by atoms with Gasteiger partial charge in [-0.25, -0.2) is 4.79 Å². The molecule has 0 unspecified atom stereocenters. The van der Waals surface area contributed by atoms with Gasteiger partial charge in [-0.2, -0.15) is 0 Å². The highest BCUT2D eigenvalue weighted by Gasteiger charge is 2.19. The minimum Gasteiger partial charge on any atom is -0.459 e. The highest BCUT2D eigenvalue weighted by Crippen LogP contribution is 2.24. The summed E-state index contributed by atoms with van der Waals surface area (Å²) in [5.74, 6) is -0.190. The summed E-state index contributed by atoms with van der Waals surface area (Å²) < 4.78 is 5.16. The van der Waals surface area contributed by atoms with Gasteiger partial charge in [0.15, 0.2) is 0 Å². The standard InChI is InChI=1S/C11H18O2/c1-11(2,3)8-7-9-5-4-6-10(12)13-9/h4,6,9H,5,7-8H2,1-3H3/t9-/m1/s1. The van der Waals surface area contributed by atoms with Crippen LogP contribution in [0.2, 0.25) is 0 Å². The Labute approximate surface area is 80.0 Å². The Kier molecular flexibility index (Phi) is 3.12. The van der Waals surface area contributed by atoms with Crippen LogP contribution in [-0.4, -0.2) is 12.1 Å². The third-order valence-electron chi connectivity index (χ3n) is 2.15. The number of carbonyl (C=O) groups excluding carboxylic acids is 1. The zero-order valence-corrected chi connectivity index (χ0v) is 8.67. The van der Waals surface area contributed by atoms with Gasteiger partial charge in [0.1, 0.15) is 6.10 Å². The van der Waals surface area contributed by atoms with Gasteiger partial charge in [0, 0.05) is 12.5 Å². The number of rotatable bonds is 2. The topological polar surface area (TPSA) is 26.3 Å². The quantitative estimate of drug-likeness (QED) is 0.614. The second-order valence-corrected chi connectivity index (χ2v) is 4.80. The van der Waals surface area contributed by atoms with Crippen molar-refractivity contribution in [3.05, 3.63) is 12.2 Å². The Balaban J connectivity index is 2.31. The molecule has 0 aromatic heterocycles. The highest BCUT2D eigenvalue weighted by molar-refractivity contribution is 5.82. The lowest BCUT2D eigenvalue weighted by atomic mass is 9.88. The summed E-state index contributed by atoms with van der Waals surface area (Å²) in [4.78, 5) is 10.9. The molecule has 1 rings (SSSR count). The van der Waals surface area contributed by atoms with Crippen LogP contribution >= 0.6 is 0 Å². The van der Waals surface area contributed by atoms with Crippen LogP contribution in [0.4, 0.5) is 0 Å². The molecule has 74 valence electrons. The van der Waals surface area contributed by atoms with Crippen molar-refractivity contribution in [3.63, 3.8) is 0 Å². The van der Waals surface area contributed by atoms with Gasteiger partial charge >= 0.3 is 5.97 Å². The summed E-state index contributed by atoms with van der Waals surface area (Å²) in [5, 5.41) is 0. The van der Waals surface area contributed by atoms with Gasteiger partial charge in [-0.3, -0.25) is 0 Å². The fraction of sp³-hybridized carbons (Fsp3) is 0.727. The molecule has 1 heterocycles. The molecule has 1 aliphatic rings. The van der Waals surface area contributed by atoms with Crippen LogP contribution in [0.3, 0.4) is 0 Å². The third kappa shape index (κ3) is 4.11. The maximum Gasteiger partial charge on any atom is 0.330 e. The number of hydrogen-bond donors (Lipinski definition) is 0. The molecule has 1 aliphatic heterocycles. The van der Waals surface area contributed by atoms with Crippen molar-refractivity contribution in [1.29, 1.82) is 0 Å². The van der Waals surface area contributed by atoms with E-state index in [0.29, 0.717) is 5.41 Å². The van der Waals surface area contributed by atoms with Crippen molar-refractivity contribution in [2.24, 2.45) is 5.41 Å². The monoisotopic (exact) mass is 182 g/mol. The molecule has 0 aromatic rings. The van der Waals surface area contributed by atoms with Gasteiger partial charge in [0.2, 0.25) is 0 Å². The summed E-state index contributed by atoms with van der Waals surface area (Å²) in [6.45, 7) is 6.61. The molecule has 13 heavy (non-hydrogen) atoms. The molecule has 0 spiro atoms. The van der Waals surface area contributed by atoms with Gasteiger partial charge < -0.3 is 4.74 Å². The van der Waals surface area contributed by atoms with E-state index in [9.17, 15) is 4.79 Å². The Bertz CT molecular complexity index is 211. The van der Waals surface area contributed by atoms with Crippen molar-refractivity contribution < 1.29 is 9.53 Å². The van der Waals surface area contributed by atoms with Crippen molar-refractivity contribution in [3.8, 4) is 0 Å². The molecule has 0 saturated heterocycles. The number of ether oxygens (including phenoxy) is 1. The molecular weight excluding hydrogens is 164 g/mol. The summed E-state index contributed by atoms with van der Waals surface area (Å²) >= 11 is 0. The van der Waals surface area contributed by atoms with E-state index < -0.39 is 0 Å². The number of carbonyl (C=O) groups is 1. The minimum atomic E-state index is -0.190. The first kappa shape index (κ1) is 10.3. The number of hydrogen-bond acceptors (Lipinski definition) is 2. The van der Waals surface area contributed by atoms with Crippen LogP contribution in [0.25, 0.3) is 0 Å². The summed E-state index contributed by atoms with van der Waals surface area (Å²) in [5.41, 5.74) is 0.327. The first-order valence-corrected chi connectivity index (χ1v) is 4.84. The van der Waals surface area contributed by atoms with Crippen LogP contribution in [0, 0.1) is 5.41 Å². The summed E-state index contributed by atoms with van der Waals surface area (Å²) in [7, 11) is 0. The predicted molar refractivity (Wildman–Crippen MR) is 52.3 cm³/mol. The van der Waals surface area contributed by atoms with Gasteiger partial charge in [-0.05, 0) is 18.3 Å². The van der Waals surface area contributed by atoms with Crippen LogP contribution in [-0.2, 0) is 9.53 Å². The third-order valence-corrected chi connectivity index (χ3v) is 2.15. The smallest absolute Gasteiger partial charge is 0.330 e. The molecule has 0 aliphatic carbocycles. The Morgan fingerprint density at radius 3 is 2.77 bits per heavy atom. The Hall–Kier alpha value is -0.790. The molecule has 2 heteroatoms. The molecule has 0 saturated carbocycles. The van der Waals surface area contributed by atoms with Crippen LogP contribution in [0.15, 0.2) is 12.2 Å². The largest absolute Gasteiger partial charge is 0.459 e. The average molecular weight is 182 g/mol. The van der Waals surface area contributed by atoms with Gasteiger partial charge in [-0.1, -0.05) is 26.8 Å². The fourth-order valence-corrected chi connectivity index (χ4v) is 1.34. The van der Waals surface area contributed by atoms with E-state index in [0.717, 1.165) is 19.3 Å². The second-order valence-electron chi connectivity index (χ2n) is 4.80. The first-order valence-electron chi connectivity index (χ1n) is 4.84. The normalized spacial score (nSPS) is 23.0. The molecule has 0 radical (unpaired) electrons. The average Bonchev–Trinajstić information content (AvgIpc) is 2.00. The Morgan fingerprint density at radius 1 is 1.54 bits per heavy atom.